The monoisotopic (exact) mass is 289 g/mol. The lowest BCUT2D eigenvalue weighted by molar-refractivity contribution is 0.338. The van der Waals surface area contributed by atoms with E-state index in [2.05, 4.69) is 4.98 Å². The van der Waals surface area contributed by atoms with Crippen LogP contribution < -0.4 is 4.74 Å². The maximum absolute atomic E-state index is 5.40. The molecule has 0 aliphatic rings. The number of rotatable bonds is 2. The Bertz CT molecular complexity index is 424. The zero-order valence-electron chi connectivity index (χ0n) is 7.08. The zero-order valence-corrected chi connectivity index (χ0v) is 9.24. The van der Waals surface area contributed by atoms with Crippen LogP contribution >= 0.6 is 22.6 Å². The van der Waals surface area contributed by atoms with Crippen LogP contribution in [0.4, 0.5) is 0 Å². The predicted molar refractivity (Wildman–Crippen MR) is 57.9 cm³/mol. The van der Waals surface area contributed by atoms with E-state index >= 15 is 0 Å². The summed E-state index contributed by atoms with van der Waals surface area (Å²) in [6.45, 7) is 2.58. The van der Waals surface area contributed by atoms with Gasteiger partial charge in [0.1, 0.15) is 5.52 Å². The third-order valence-corrected chi connectivity index (χ3v) is 2.11. The van der Waals surface area contributed by atoms with Crippen molar-refractivity contribution in [2.24, 2.45) is 0 Å². The number of halogens is 1. The molecule has 0 bridgehead atoms. The normalized spacial score (nSPS) is 10.6. The summed E-state index contributed by atoms with van der Waals surface area (Å²) >= 11 is 2.04. The van der Waals surface area contributed by atoms with E-state index in [1.807, 2.05) is 47.7 Å². The van der Waals surface area contributed by atoms with Gasteiger partial charge in [-0.3, -0.25) is 0 Å². The van der Waals surface area contributed by atoms with Crippen LogP contribution in [0.15, 0.2) is 22.6 Å². The molecule has 3 nitrogen and oxygen atoms in total. The van der Waals surface area contributed by atoms with Crippen molar-refractivity contribution in [2.45, 2.75) is 6.92 Å². The molecule has 0 spiro atoms. The summed E-state index contributed by atoms with van der Waals surface area (Å²) in [5.74, 6) is 0.760. The molecule has 68 valence electrons. The summed E-state index contributed by atoms with van der Waals surface area (Å²) in [4.78, 5) is 4.20. The standard InChI is InChI=1S/C9H8INO2/c1-2-12-7-5-3-4-6-8(7)13-9(10)11-6/h3-5H,2H2,1H3. The number of fused-ring (bicyclic) bond motifs is 1. The highest BCUT2D eigenvalue weighted by atomic mass is 127. The molecule has 0 amide bonds. The second-order valence-electron chi connectivity index (χ2n) is 2.50. The molecule has 0 radical (unpaired) electrons. The van der Waals surface area contributed by atoms with E-state index < -0.39 is 0 Å². The van der Waals surface area contributed by atoms with Crippen molar-refractivity contribution in [1.29, 1.82) is 0 Å². The lowest BCUT2D eigenvalue weighted by atomic mass is 10.3. The van der Waals surface area contributed by atoms with Gasteiger partial charge in [0.2, 0.25) is 0 Å². The van der Waals surface area contributed by atoms with Gasteiger partial charge in [-0.15, -0.1) is 0 Å². The number of aromatic nitrogens is 1. The van der Waals surface area contributed by atoms with E-state index in [0.717, 1.165) is 16.8 Å². The summed E-state index contributed by atoms with van der Waals surface area (Å²) in [6.07, 6.45) is 0. The Kier molecular flexibility index (Phi) is 2.39. The van der Waals surface area contributed by atoms with Gasteiger partial charge in [-0.1, -0.05) is 6.07 Å². The Hall–Kier alpha value is -0.780. The Morgan fingerprint density at radius 1 is 1.54 bits per heavy atom. The number of benzene rings is 1. The number of hydrogen-bond acceptors (Lipinski definition) is 3. The molecule has 13 heavy (non-hydrogen) atoms. The number of hydrogen-bond donors (Lipinski definition) is 0. The molecule has 2 rings (SSSR count). The SMILES string of the molecule is CCOc1cccc2nc(I)oc12. The van der Waals surface area contributed by atoms with Crippen molar-refractivity contribution in [3.05, 3.63) is 22.1 Å². The van der Waals surface area contributed by atoms with Crippen LogP contribution in [-0.4, -0.2) is 11.6 Å². The van der Waals surface area contributed by atoms with E-state index in [4.69, 9.17) is 9.15 Å². The highest BCUT2D eigenvalue weighted by Crippen LogP contribution is 2.26. The van der Waals surface area contributed by atoms with E-state index in [0.29, 0.717) is 10.5 Å². The molecule has 1 aromatic heterocycles. The van der Waals surface area contributed by atoms with Crippen LogP contribution in [0.25, 0.3) is 11.1 Å². The second kappa shape index (κ2) is 3.53. The van der Waals surface area contributed by atoms with E-state index in [1.165, 1.54) is 0 Å². The van der Waals surface area contributed by atoms with Crippen LogP contribution in [0.5, 0.6) is 5.75 Å². The number of para-hydroxylation sites is 1. The average molecular weight is 289 g/mol. The fourth-order valence-corrected chi connectivity index (χ4v) is 1.65. The zero-order chi connectivity index (χ0) is 9.26. The Labute approximate surface area is 89.2 Å². The molecule has 0 aliphatic heterocycles. The van der Waals surface area contributed by atoms with Gasteiger partial charge in [-0.25, -0.2) is 4.98 Å². The molecule has 0 atom stereocenters. The lowest BCUT2D eigenvalue weighted by Crippen LogP contribution is -1.90. The minimum absolute atomic E-state index is 0.635. The summed E-state index contributed by atoms with van der Waals surface area (Å²) in [6, 6.07) is 5.70. The topological polar surface area (TPSA) is 35.3 Å². The number of nitrogens with zero attached hydrogens (tertiary/aromatic N) is 1. The first-order valence-corrected chi connectivity index (χ1v) is 5.07. The molecule has 1 heterocycles. The van der Waals surface area contributed by atoms with Gasteiger partial charge in [0.25, 0.3) is 3.90 Å². The van der Waals surface area contributed by atoms with Crippen molar-refractivity contribution in [3.63, 3.8) is 0 Å². The molecule has 0 fully saturated rings. The quantitative estimate of drug-likeness (QED) is 0.797. The lowest BCUT2D eigenvalue weighted by Gasteiger charge is -2.00. The van der Waals surface area contributed by atoms with Crippen molar-refractivity contribution in [1.82, 2.24) is 4.98 Å². The van der Waals surface area contributed by atoms with Crippen molar-refractivity contribution >= 4 is 33.7 Å². The first-order chi connectivity index (χ1) is 6.31. The Morgan fingerprint density at radius 3 is 3.15 bits per heavy atom. The fourth-order valence-electron chi connectivity index (χ4n) is 1.17. The first kappa shape index (κ1) is 8.80. The maximum Gasteiger partial charge on any atom is 0.258 e. The minimum Gasteiger partial charge on any atom is -0.490 e. The molecule has 2 aromatic rings. The van der Waals surface area contributed by atoms with Gasteiger partial charge in [0.05, 0.1) is 6.61 Å². The molecular formula is C9H8INO2. The summed E-state index contributed by atoms with van der Waals surface area (Å²) < 4.78 is 11.4. The van der Waals surface area contributed by atoms with E-state index in [-0.39, 0.29) is 0 Å². The highest BCUT2D eigenvalue weighted by Gasteiger charge is 2.07. The Balaban J connectivity index is 2.60. The summed E-state index contributed by atoms with van der Waals surface area (Å²) in [5.41, 5.74) is 1.57. The molecule has 4 heteroatoms. The van der Waals surface area contributed by atoms with E-state index in [1.54, 1.807) is 0 Å². The average Bonchev–Trinajstić information content (AvgIpc) is 2.47. The summed E-state index contributed by atoms with van der Waals surface area (Å²) in [5, 5.41) is 0. The third kappa shape index (κ3) is 1.63. The van der Waals surface area contributed by atoms with Gasteiger partial charge in [-0.2, -0.15) is 0 Å². The maximum atomic E-state index is 5.40. The fraction of sp³-hybridized carbons (Fsp3) is 0.222. The third-order valence-electron chi connectivity index (χ3n) is 1.65. The Morgan fingerprint density at radius 2 is 2.38 bits per heavy atom. The molecule has 0 N–H and O–H groups in total. The van der Waals surface area contributed by atoms with Gasteiger partial charge in [-0.05, 0) is 19.1 Å². The van der Waals surface area contributed by atoms with Crippen LogP contribution in [0, 0.1) is 3.90 Å². The number of oxazole rings is 1. The van der Waals surface area contributed by atoms with Gasteiger partial charge in [0.15, 0.2) is 11.3 Å². The van der Waals surface area contributed by atoms with Gasteiger partial charge in [0, 0.05) is 22.6 Å². The molecule has 0 unspecified atom stereocenters. The van der Waals surface area contributed by atoms with Crippen LogP contribution in [0.2, 0.25) is 0 Å². The predicted octanol–water partition coefficient (Wildman–Crippen LogP) is 2.83. The van der Waals surface area contributed by atoms with Gasteiger partial charge >= 0.3 is 0 Å². The van der Waals surface area contributed by atoms with Crippen LogP contribution in [-0.2, 0) is 0 Å². The van der Waals surface area contributed by atoms with Crippen LogP contribution in [0.3, 0.4) is 0 Å². The second-order valence-corrected chi connectivity index (χ2v) is 3.43. The van der Waals surface area contributed by atoms with Gasteiger partial charge < -0.3 is 9.15 Å². The smallest absolute Gasteiger partial charge is 0.258 e. The first-order valence-electron chi connectivity index (χ1n) is 3.99. The molecule has 0 aliphatic carbocycles. The van der Waals surface area contributed by atoms with Crippen LogP contribution in [0.1, 0.15) is 6.92 Å². The molecule has 0 saturated carbocycles. The van der Waals surface area contributed by atoms with Crippen molar-refractivity contribution in [3.8, 4) is 5.75 Å². The number of ether oxygens (including phenoxy) is 1. The summed E-state index contributed by atoms with van der Waals surface area (Å²) in [7, 11) is 0. The highest BCUT2D eigenvalue weighted by molar-refractivity contribution is 14.1. The van der Waals surface area contributed by atoms with Crippen molar-refractivity contribution in [2.75, 3.05) is 6.61 Å². The van der Waals surface area contributed by atoms with Crippen molar-refractivity contribution < 1.29 is 9.15 Å². The largest absolute Gasteiger partial charge is 0.490 e. The van der Waals surface area contributed by atoms with E-state index in [9.17, 15) is 0 Å². The minimum atomic E-state index is 0.635. The molecule has 1 aromatic carbocycles. The molecular weight excluding hydrogens is 281 g/mol. The molecule has 0 saturated heterocycles.